The van der Waals surface area contributed by atoms with Crippen molar-refractivity contribution in [1.82, 2.24) is 19.9 Å². The van der Waals surface area contributed by atoms with Gasteiger partial charge in [-0.1, -0.05) is 12.2 Å². The molecule has 0 spiro atoms. The first-order chi connectivity index (χ1) is 13.3. The molecule has 1 fully saturated rings. The molecule has 1 aliphatic carbocycles. The Morgan fingerprint density at radius 1 is 0.926 bits per heavy atom. The van der Waals surface area contributed by atoms with Crippen molar-refractivity contribution >= 4 is 29.3 Å². The van der Waals surface area contributed by atoms with Gasteiger partial charge < -0.3 is 15.5 Å². The van der Waals surface area contributed by atoms with E-state index in [4.69, 9.17) is 0 Å². The van der Waals surface area contributed by atoms with Crippen LogP contribution in [-0.2, 0) is 0 Å². The molecule has 0 radical (unpaired) electrons. The summed E-state index contributed by atoms with van der Waals surface area (Å²) < 4.78 is 0. The summed E-state index contributed by atoms with van der Waals surface area (Å²) in [5, 5.41) is 6.88. The summed E-state index contributed by atoms with van der Waals surface area (Å²) in [6.07, 6.45) is 20.8. The lowest BCUT2D eigenvalue weighted by Gasteiger charge is -2.20. The monoisotopic (exact) mass is 381 g/mol. The van der Waals surface area contributed by atoms with E-state index in [0.29, 0.717) is 24.0 Å². The van der Waals surface area contributed by atoms with E-state index in [1.54, 1.807) is 11.8 Å². The highest BCUT2D eigenvalue weighted by Crippen LogP contribution is 2.25. The summed E-state index contributed by atoms with van der Waals surface area (Å²) in [5.74, 6) is 1.38. The van der Waals surface area contributed by atoms with Gasteiger partial charge in [-0.05, 0) is 31.6 Å². The van der Waals surface area contributed by atoms with Gasteiger partial charge in [-0.3, -0.25) is 0 Å². The minimum atomic E-state index is 0.358. The molecule has 1 saturated carbocycles. The maximum Gasteiger partial charge on any atom is 0.222 e. The lowest BCUT2D eigenvalue weighted by molar-refractivity contribution is 0.713. The van der Waals surface area contributed by atoms with Crippen molar-refractivity contribution in [3.8, 4) is 0 Å². The molecule has 140 valence electrons. The van der Waals surface area contributed by atoms with Crippen LogP contribution in [-0.4, -0.2) is 44.8 Å². The number of nitrogens with one attached hydrogen (secondary N) is 2. The molecule has 1 aliphatic heterocycles. The largest absolute Gasteiger partial charge is 0.351 e. The Morgan fingerprint density at radius 2 is 1.56 bits per heavy atom. The quantitative estimate of drug-likeness (QED) is 0.738. The summed E-state index contributed by atoms with van der Waals surface area (Å²) in [6.45, 7) is 0.850. The molecule has 0 amide bonds. The maximum atomic E-state index is 4.48. The van der Waals surface area contributed by atoms with E-state index in [2.05, 4.69) is 41.5 Å². The van der Waals surface area contributed by atoms with Crippen LogP contribution >= 0.6 is 11.8 Å². The topological polar surface area (TPSA) is 78.9 Å². The molecule has 0 unspecified atom stereocenters. The van der Waals surface area contributed by atoms with Crippen LogP contribution in [0.3, 0.4) is 0 Å². The average molecular weight is 382 g/mol. The van der Waals surface area contributed by atoms with Gasteiger partial charge in [0.25, 0.3) is 0 Å². The minimum absolute atomic E-state index is 0.358. The van der Waals surface area contributed by atoms with Gasteiger partial charge in [0, 0.05) is 42.1 Å². The van der Waals surface area contributed by atoms with E-state index in [-0.39, 0.29) is 0 Å². The van der Waals surface area contributed by atoms with E-state index >= 15 is 0 Å². The van der Waals surface area contributed by atoms with Crippen LogP contribution < -0.4 is 15.5 Å². The number of nitrogens with zero attached hydrogens (tertiary/aromatic N) is 5. The van der Waals surface area contributed by atoms with Crippen LogP contribution in [0, 0.1) is 0 Å². The van der Waals surface area contributed by atoms with Gasteiger partial charge in [-0.2, -0.15) is 0 Å². The number of anilines is 3. The number of rotatable bonds is 6. The maximum absolute atomic E-state index is 4.48. The first kappa shape index (κ1) is 17.8. The van der Waals surface area contributed by atoms with Gasteiger partial charge >= 0.3 is 0 Å². The Balaban J connectivity index is 1.29. The predicted octanol–water partition coefficient (Wildman–Crippen LogP) is 3.32. The first-order valence-electron chi connectivity index (χ1n) is 9.11. The van der Waals surface area contributed by atoms with E-state index in [1.165, 1.54) is 0 Å². The highest BCUT2D eigenvalue weighted by molar-refractivity contribution is 7.98. The van der Waals surface area contributed by atoms with Gasteiger partial charge in [0.2, 0.25) is 11.9 Å². The molecule has 27 heavy (non-hydrogen) atoms. The second-order valence-electron chi connectivity index (χ2n) is 6.63. The van der Waals surface area contributed by atoms with Crippen LogP contribution in [0.1, 0.15) is 19.3 Å². The highest BCUT2D eigenvalue weighted by Gasteiger charge is 2.25. The second-order valence-corrected chi connectivity index (χ2v) is 7.51. The molecule has 0 bridgehead atoms. The zero-order valence-corrected chi connectivity index (χ0v) is 16.1. The molecule has 7 nitrogen and oxygen atoms in total. The minimum Gasteiger partial charge on any atom is -0.351 e. The molecule has 2 N–H and O–H groups in total. The number of hydrogen-bond acceptors (Lipinski definition) is 8. The zero-order valence-electron chi connectivity index (χ0n) is 15.2. The Bertz CT molecular complexity index is 804. The fraction of sp³-hybridized carbons (Fsp3) is 0.368. The Hall–Kier alpha value is -2.61. The van der Waals surface area contributed by atoms with Gasteiger partial charge in [0.1, 0.15) is 0 Å². The highest BCUT2D eigenvalue weighted by atomic mass is 32.2. The van der Waals surface area contributed by atoms with Crippen molar-refractivity contribution in [2.45, 2.75) is 36.2 Å². The smallest absolute Gasteiger partial charge is 0.222 e. The lowest BCUT2D eigenvalue weighted by Crippen LogP contribution is -2.23. The molecule has 2 atom stereocenters. The van der Waals surface area contributed by atoms with Crippen LogP contribution in [0.25, 0.3) is 0 Å². The Labute approximate surface area is 163 Å². The zero-order chi connectivity index (χ0) is 18.5. The molecule has 0 aromatic carbocycles. The number of aromatic nitrogens is 4. The second kappa shape index (κ2) is 8.39. The van der Waals surface area contributed by atoms with Crippen molar-refractivity contribution in [2.24, 2.45) is 0 Å². The van der Waals surface area contributed by atoms with Crippen molar-refractivity contribution in [3.63, 3.8) is 0 Å². The molecule has 0 saturated heterocycles. The van der Waals surface area contributed by atoms with Crippen LogP contribution in [0.2, 0.25) is 0 Å². The van der Waals surface area contributed by atoms with E-state index in [0.717, 1.165) is 36.4 Å². The number of allylic oxidation sites excluding steroid dienone is 2. The van der Waals surface area contributed by atoms with Crippen molar-refractivity contribution in [3.05, 3.63) is 49.2 Å². The summed E-state index contributed by atoms with van der Waals surface area (Å²) in [4.78, 5) is 20.9. The Kier molecular flexibility index (Phi) is 5.53. The summed E-state index contributed by atoms with van der Waals surface area (Å²) in [6, 6.07) is 0.726. The van der Waals surface area contributed by atoms with E-state index < -0.39 is 0 Å². The molecular formula is C19H23N7S. The normalized spacial score (nSPS) is 21.4. The average Bonchev–Trinajstić information content (AvgIpc) is 3.16. The van der Waals surface area contributed by atoms with Gasteiger partial charge in [-0.15, -0.1) is 11.8 Å². The third-order valence-corrected chi connectivity index (χ3v) is 5.43. The SMILES string of the molecule is CSc1cnc(N[C@H]2CC[C@H](Nc3ncc(N4C=CC=CC4)cn3)C2)nc1. The van der Waals surface area contributed by atoms with Gasteiger partial charge in [0.15, 0.2) is 0 Å². The van der Waals surface area contributed by atoms with Crippen LogP contribution in [0.5, 0.6) is 0 Å². The Morgan fingerprint density at radius 3 is 2.11 bits per heavy atom. The number of thioether (sulfide) groups is 1. The number of hydrogen-bond donors (Lipinski definition) is 2. The van der Waals surface area contributed by atoms with Crippen molar-refractivity contribution in [2.75, 3.05) is 28.3 Å². The first-order valence-corrected chi connectivity index (χ1v) is 10.3. The van der Waals surface area contributed by atoms with Crippen LogP contribution in [0.15, 0.2) is 54.1 Å². The standard InChI is InChI=1S/C19H23N7S/c1-27-17-12-22-19(23-13-17)25-15-6-5-14(9-15)24-18-20-10-16(11-21-18)26-7-3-2-4-8-26/h2-4,7,10-15H,5-6,8-9H2,1H3,(H,20,21,24)(H,22,23,25)/t14-,15-/m0/s1. The third kappa shape index (κ3) is 4.57. The van der Waals surface area contributed by atoms with E-state index in [1.807, 2.05) is 49.4 Å². The predicted molar refractivity (Wildman–Crippen MR) is 110 cm³/mol. The molecule has 2 aromatic heterocycles. The van der Waals surface area contributed by atoms with Gasteiger partial charge in [-0.25, -0.2) is 19.9 Å². The van der Waals surface area contributed by atoms with Crippen molar-refractivity contribution < 1.29 is 0 Å². The summed E-state index contributed by atoms with van der Waals surface area (Å²) >= 11 is 1.65. The molecule has 3 heterocycles. The molecule has 2 aliphatic rings. The van der Waals surface area contributed by atoms with Crippen LogP contribution in [0.4, 0.5) is 17.6 Å². The fourth-order valence-corrected chi connectivity index (χ4v) is 3.62. The summed E-state index contributed by atoms with van der Waals surface area (Å²) in [5.41, 5.74) is 0.998. The fourth-order valence-electron chi connectivity index (χ4n) is 3.31. The third-order valence-electron chi connectivity index (χ3n) is 4.75. The molecule has 8 heteroatoms. The van der Waals surface area contributed by atoms with Gasteiger partial charge in [0.05, 0.1) is 18.1 Å². The molecule has 2 aromatic rings. The van der Waals surface area contributed by atoms with Crippen molar-refractivity contribution in [1.29, 1.82) is 0 Å². The van der Waals surface area contributed by atoms with E-state index in [9.17, 15) is 0 Å². The lowest BCUT2D eigenvalue weighted by atomic mass is 10.2. The molecular weight excluding hydrogens is 358 g/mol. The summed E-state index contributed by atoms with van der Waals surface area (Å²) in [7, 11) is 0. The molecule has 4 rings (SSSR count).